The molecule has 1 aromatic rings. The van der Waals surface area contributed by atoms with Gasteiger partial charge in [0.25, 0.3) is 0 Å². The number of carbonyl (C=O) groups excluding carboxylic acids is 1. The van der Waals surface area contributed by atoms with Gasteiger partial charge in [-0.25, -0.2) is 9.18 Å². The third-order valence-electron chi connectivity index (χ3n) is 6.06. The van der Waals surface area contributed by atoms with E-state index in [2.05, 4.69) is 48.3 Å². The third kappa shape index (κ3) is 9.82. The molecule has 3 N–H and O–H groups in total. The van der Waals surface area contributed by atoms with Crippen molar-refractivity contribution in [2.24, 2.45) is 10.4 Å². The number of nitrogens with zero attached hydrogens (tertiary/aromatic N) is 1. The lowest BCUT2D eigenvalue weighted by Gasteiger charge is -2.42. The van der Waals surface area contributed by atoms with Crippen LogP contribution in [0.2, 0.25) is 0 Å². The van der Waals surface area contributed by atoms with Crippen molar-refractivity contribution in [3.63, 3.8) is 0 Å². The van der Waals surface area contributed by atoms with Crippen LogP contribution in [0, 0.1) is 11.2 Å². The Hall–Kier alpha value is -3.39. The van der Waals surface area contributed by atoms with Gasteiger partial charge in [0.2, 0.25) is 0 Å². The van der Waals surface area contributed by atoms with Crippen molar-refractivity contribution in [1.82, 2.24) is 16.0 Å². The van der Waals surface area contributed by atoms with Gasteiger partial charge in [0, 0.05) is 48.6 Å². The van der Waals surface area contributed by atoms with Crippen molar-refractivity contribution in [1.29, 1.82) is 0 Å². The van der Waals surface area contributed by atoms with E-state index in [1.165, 1.54) is 6.07 Å². The Labute approximate surface area is 227 Å². The molecule has 0 heterocycles. The second-order valence-corrected chi connectivity index (χ2v) is 10.0. The van der Waals surface area contributed by atoms with E-state index in [9.17, 15) is 4.79 Å². The summed E-state index contributed by atoms with van der Waals surface area (Å²) in [7, 11) is 1.58. The summed E-state index contributed by atoms with van der Waals surface area (Å²) in [5, 5.41) is 9.16. The summed E-state index contributed by atoms with van der Waals surface area (Å²) in [5.74, 6) is -0.137. The number of allylic oxidation sites excluding steroid dienone is 4. The average Bonchev–Trinajstić information content (AvgIpc) is 2.83. The van der Waals surface area contributed by atoms with Gasteiger partial charge in [-0.2, -0.15) is 0 Å². The molecule has 0 spiro atoms. The molecule has 2 rings (SSSR count). The standard InChI is InChI=1S/C30H43FN4O3/c1-8-11-12-23(34-29(36)35-24-19-30(5,6)20-24)14-13-22(9-2)33-21(4)28-26(31)17-25(38-16-15-37-7)18-27(28)32-10-3/h9-10,12-14,17-18,24,33H,4,8,11,15-16,19-20H2,1-3,5-7H3,(H2,34,35,36)/b14-13-,22-9+,23-12-,32-10?. The number of halogens is 1. The molecule has 1 aliphatic rings. The van der Waals surface area contributed by atoms with Crippen LogP contribution in [0.25, 0.3) is 5.70 Å². The van der Waals surface area contributed by atoms with Gasteiger partial charge in [0.15, 0.2) is 0 Å². The third-order valence-corrected chi connectivity index (χ3v) is 6.06. The number of nitrogens with one attached hydrogen (secondary N) is 3. The summed E-state index contributed by atoms with van der Waals surface area (Å²) in [6, 6.07) is 2.97. The molecule has 0 atom stereocenters. The second kappa shape index (κ2) is 15.1. The molecule has 1 aliphatic carbocycles. The van der Waals surface area contributed by atoms with Crippen molar-refractivity contribution in [3.05, 3.63) is 65.8 Å². The number of hydrogen-bond acceptors (Lipinski definition) is 5. The molecule has 1 saturated carbocycles. The Bertz CT molecular complexity index is 1080. The normalized spacial score (nSPS) is 16.0. The quantitative estimate of drug-likeness (QED) is 0.142. The van der Waals surface area contributed by atoms with Crippen molar-refractivity contribution < 1.29 is 18.7 Å². The number of hydrogen-bond donors (Lipinski definition) is 3. The first-order valence-electron chi connectivity index (χ1n) is 13.1. The number of amides is 2. The maximum atomic E-state index is 15.1. The fraction of sp³-hybridized carbons (Fsp3) is 0.467. The number of aliphatic imine (C=N–C) groups is 1. The lowest BCUT2D eigenvalue weighted by molar-refractivity contribution is 0.130. The molecule has 208 valence electrons. The highest BCUT2D eigenvalue weighted by molar-refractivity contribution is 5.78. The Morgan fingerprint density at radius 2 is 1.89 bits per heavy atom. The zero-order chi connectivity index (χ0) is 28.1. The summed E-state index contributed by atoms with van der Waals surface area (Å²) in [5.41, 5.74) is 2.66. The van der Waals surface area contributed by atoms with E-state index < -0.39 is 5.82 Å². The smallest absolute Gasteiger partial charge is 0.319 e. The predicted octanol–water partition coefficient (Wildman–Crippen LogP) is 6.77. The molecule has 0 radical (unpaired) electrons. The molecule has 0 bridgehead atoms. The molecule has 7 nitrogen and oxygen atoms in total. The molecular formula is C30H43FN4O3. The van der Waals surface area contributed by atoms with Gasteiger partial charge >= 0.3 is 6.03 Å². The van der Waals surface area contributed by atoms with E-state index >= 15 is 4.39 Å². The molecule has 38 heavy (non-hydrogen) atoms. The first-order valence-corrected chi connectivity index (χ1v) is 13.1. The van der Waals surface area contributed by atoms with Crippen LogP contribution in [0.4, 0.5) is 14.9 Å². The number of methoxy groups -OCH3 is 1. The van der Waals surface area contributed by atoms with Gasteiger partial charge in [0.1, 0.15) is 18.2 Å². The highest BCUT2D eigenvalue weighted by Crippen LogP contribution is 2.39. The maximum absolute atomic E-state index is 15.1. The zero-order valence-electron chi connectivity index (χ0n) is 23.6. The van der Waals surface area contributed by atoms with Crippen LogP contribution >= 0.6 is 0 Å². The molecule has 0 aliphatic heterocycles. The van der Waals surface area contributed by atoms with Crippen molar-refractivity contribution in [3.8, 4) is 5.75 Å². The largest absolute Gasteiger partial charge is 0.491 e. The van der Waals surface area contributed by atoms with Crippen LogP contribution < -0.4 is 20.7 Å². The maximum Gasteiger partial charge on any atom is 0.319 e. The molecule has 0 saturated heterocycles. The summed E-state index contributed by atoms with van der Waals surface area (Å²) in [6.07, 6.45) is 12.8. The molecule has 1 fully saturated rings. The van der Waals surface area contributed by atoms with Crippen LogP contribution in [0.3, 0.4) is 0 Å². The van der Waals surface area contributed by atoms with Crippen LogP contribution in [0.15, 0.2) is 59.4 Å². The van der Waals surface area contributed by atoms with Crippen molar-refractivity contribution in [2.45, 2.75) is 66.3 Å². The van der Waals surface area contributed by atoms with Gasteiger partial charge in [0.05, 0.1) is 17.9 Å². The van der Waals surface area contributed by atoms with Crippen LogP contribution in [0.5, 0.6) is 5.75 Å². The zero-order valence-corrected chi connectivity index (χ0v) is 23.6. The van der Waals surface area contributed by atoms with E-state index in [1.54, 1.807) is 26.3 Å². The van der Waals surface area contributed by atoms with Crippen LogP contribution in [0.1, 0.15) is 65.9 Å². The Kier molecular flexibility index (Phi) is 12.3. The number of carbonyl (C=O) groups is 1. The van der Waals surface area contributed by atoms with E-state index in [1.807, 2.05) is 31.2 Å². The number of benzene rings is 1. The monoisotopic (exact) mass is 526 g/mol. The first kappa shape index (κ1) is 30.8. The predicted molar refractivity (Wildman–Crippen MR) is 154 cm³/mol. The van der Waals surface area contributed by atoms with Gasteiger partial charge in [-0.3, -0.25) is 4.99 Å². The van der Waals surface area contributed by atoms with E-state index in [0.717, 1.165) is 25.7 Å². The van der Waals surface area contributed by atoms with Crippen LogP contribution in [-0.2, 0) is 4.74 Å². The van der Waals surface area contributed by atoms with E-state index in [4.69, 9.17) is 9.47 Å². The Morgan fingerprint density at radius 3 is 2.50 bits per heavy atom. The molecule has 2 amide bonds. The topological polar surface area (TPSA) is 84.0 Å². The summed E-state index contributed by atoms with van der Waals surface area (Å²) < 4.78 is 25.7. The van der Waals surface area contributed by atoms with Gasteiger partial charge in [-0.15, -0.1) is 0 Å². The van der Waals surface area contributed by atoms with Gasteiger partial charge < -0.3 is 25.4 Å². The summed E-state index contributed by atoms with van der Waals surface area (Å²) in [6.45, 7) is 14.9. The SMILES string of the molecule is C=C(NC(/C=C\C(=C\CCC)NC(=O)NC1CC(C)(C)C1)=C/C)c1c(F)cc(OCCOC)cc1N=CC. The molecular weight excluding hydrogens is 483 g/mol. The number of ether oxygens (including phenoxy) is 2. The Balaban J connectivity index is 2.12. The lowest BCUT2D eigenvalue weighted by atomic mass is 9.68. The minimum absolute atomic E-state index is 0.198. The minimum Gasteiger partial charge on any atom is -0.491 e. The minimum atomic E-state index is -0.501. The molecule has 1 aromatic carbocycles. The van der Waals surface area contributed by atoms with E-state index in [0.29, 0.717) is 41.7 Å². The number of unbranched alkanes of at least 4 members (excludes halogenated alkanes) is 1. The summed E-state index contributed by atoms with van der Waals surface area (Å²) in [4.78, 5) is 16.9. The number of rotatable bonds is 14. The second-order valence-electron chi connectivity index (χ2n) is 10.0. The molecule has 0 aromatic heterocycles. The average molecular weight is 527 g/mol. The molecule has 8 heteroatoms. The lowest BCUT2D eigenvalue weighted by Crippen LogP contribution is -2.51. The highest BCUT2D eigenvalue weighted by Gasteiger charge is 2.36. The summed E-state index contributed by atoms with van der Waals surface area (Å²) >= 11 is 0. The van der Waals surface area contributed by atoms with Gasteiger partial charge in [-0.1, -0.05) is 45.9 Å². The van der Waals surface area contributed by atoms with Crippen molar-refractivity contribution in [2.75, 3.05) is 20.3 Å². The highest BCUT2D eigenvalue weighted by atomic mass is 19.1. The number of urea groups is 1. The van der Waals surface area contributed by atoms with Crippen molar-refractivity contribution >= 4 is 23.6 Å². The first-order chi connectivity index (χ1) is 18.1. The fourth-order valence-corrected chi connectivity index (χ4v) is 4.25. The van der Waals surface area contributed by atoms with E-state index in [-0.39, 0.29) is 23.1 Å². The Morgan fingerprint density at radius 1 is 1.18 bits per heavy atom. The molecule has 0 unspecified atom stereocenters. The van der Waals surface area contributed by atoms with Gasteiger partial charge in [-0.05, 0) is 50.7 Å². The van der Waals surface area contributed by atoms with Crippen LogP contribution in [-0.4, -0.2) is 38.6 Å². The fourth-order valence-electron chi connectivity index (χ4n) is 4.25.